The summed E-state index contributed by atoms with van der Waals surface area (Å²) in [6, 6.07) is 9.51. The molecule has 1 aliphatic heterocycles. The molecule has 22 heavy (non-hydrogen) atoms. The molecule has 0 fully saturated rings. The Balaban J connectivity index is 2.30. The van der Waals surface area contributed by atoms with Crippen molar-refractivity contribution >= 4 is 5.97 Å². The van der Waals surface area contributed by atoms with Gasteiger partial charge >= 0.3 is 5.97 Å². The molecule has 0 spiro atoms. The standard InChI is InChI=1S/C18H19NO3/c1-3-4-10-19-12(2)15-14(11-22-18(15)21)16(17(19)20)13-8-6-5-7-9-13/h5-9H,3-4,10-11H2,1-2H3. The molecule has 0 amide bonds. The molecule has 4 nitrogen and oxygen atoms in total. The van der Waals surface area contributed by atoms with E-state index in [-0.39, 0.29) is 18.1 Å². The van der Waals surface area contributed by atoms with Crippen molar-refractivity contribution in [3.63, 3.8) is 0 Å². The number of aromatic nitrogens is 1. The largest absolute Gasteiger partial charge is 0.457 e. The molecule has 0 saturated carbocycles. The zero-order valence-electron chi connectivity index (χ0n) is 12.9. The molecule has 1 aromatic heterocycles. The predicted octanol–water partition coefficient (Wildman–Crippen LogP) is 3.29. The van der Waals surface area contributed by atoms with Crippen LogP contribution < -0.4 is 5.56 Å². The molecule has 0 radical (unpaired) electrons. The molecule has 0 aliphatic carbocycles. The molecular formula is C18H19NO3. The second-order valence-corrected chi connectivity index (χ2v) is 5.57. The number of benzene rings is 1. The Morgan fingerprint density at radius 1 is 1.14 bits per heavy atom. The molecule has 1 aliphatic rings. The van der Waals surface area contributed by atoms with Crippen LogP contribution in [-0.2, 0) is 17.9 Å². The molecule has 0 bridgehead atoms. The van der Waals surface area contributed by atoms with Crippen LogP contribution >= 0.6 is 0 Å². The number of fused-ring (bicyclic) bond motifs is 1. The van der Waals surface area contributed by atoms with Gasteiger partial charge in [0.15, 0.2) is 0 Å². The summed E-state index contributed by atoms with van der Waals surface area (Å²) in [5, 5.41) is 0. The van der Waals surface area contributed by atoms with Crippen LogP contribution in [0.3, 0.4) is 0 Å². The Labute approximate surface area is 129 Å². The number of carbonyl (C=O) groups is 1. The van der Waals surface area contributed by atoms with Gasteiger partial charge in [-0.1, -0.05) is 43.7 Å². The molecule has 0 saturated heterocycles. The van der Waals surface area contributed by atoms with Gasteiger partial charge in [0.25, 0.3) is 5.56 Å². The normalized spacial score (nSPS) is 13.1. The maximum absolute atomic E-state index is 13.0. The quantitative estimate of drug-likeness (QED) is 0.814. The fourth-order valence-corrected chi connectivity index (χ4v) is 3.01. The Bertz CT molecular complexity index is 775. The van der Waals surface area contributed by atoms with Gasteiger partial charge in [-0.2, -0.15) is 0 Å². The third kappa shape index (κ3) is 2.25. The first-order valence-electron chi connectivity index (χ1n) is 7.64. The number of carbonyl (C=O) groups excluding carboxylic acids is 1. The molecule has 3 rings (SSSR count). The van der Waals surface area contributed by atoms with E-state index >= 15 is 0 Å². The van der Waals surface area contributed by atoms with Crippen LogP contribution in [0.2, 0.25) is 0 Å². The monoisotopic (exact) mass is 297 g/mol. The van der Waals surface area contributed by atoms with Crippen molar-refractivity contribution in [3.8, 4) is 11.1 Å². The van der Waals surface area contributed by atoms with Gasteiger partial charge in [0.05, 0.1) is 11.1 Å². The zero-order valence-corrected chi connectivity index (χ0v) is 12.9. The molecule has 1 aromatic carbocycles. The highest BCUT2D eigenvalue weighted by Crippen LogP contribution is 2.30. The molecule has 0 atom stereocenters. The van der Waals surface area contributed by atoms with Crippen LogP contribution in [0.4, 0.5) is 0 Å². The molecular weight excluding hydrogens is 278 g/mol. The van der Waals surface area contributed by atoms with Crippen LogP contribution in [0.5, 0.6) is 0 Å². The Kier molecular flexibility index (Phi) is 3.84. The average molecular weight is 297 g/mol. The minimum Gasteiger partial charge on any atom is -0.457 e. The van der Waals surface area contributed by atoms with Gasteiger partial charge in [-0.25, -0.2) is 4.79 Å². The van der Waals surface area contributed by atoms with Crippen molar-refractivity contribution in [2.45, 2.75) is 39.8 Å². The van der Waals surface area contributed by atoms with E-state index in [2.05, 4.69) is 6.92 Å². The zero-order chi connectivity index (χ0) is 15.7. The first-order chi connectivity index (χ1) is 10.6. The van der Waals surface area contributed by atoms with E-state index in [0.717, 1.165) is 29.7 Å². The Hall–Kier alpha value is -2.36. The summed E-state index contributed by atoms with van der Waals surface area (Å²) in [6.45, 7) is 4.72. The number of hydrogen-bond acceptors (Lipinski definition) is 3. The predicted molar refractivity (Wildman–Crippen MR) is 84.9 cm³/mol. The van der Waals surface area contributed by atoms with Crippen molar-refractivity contribution < 1.29 is 9.53 Å². The number of rotatable bonds is 4. The van der Waals surface area contributed by atoms with Crippen molar-refractivity contribution in [1.82, 2.24) is 4.57 Å². The first-order valence-corrected chi connectivity index (χ1v) is 7.64. The maximum atomic E-state index is 13.0. The van der Waals surface area contributed by atoms with E-state index in [1.807, 2.05) is 37.3 Å². The van der Waals surface area contributed by atoms with E-state index < -0.39 is 0 Å². The van der Waals surface area contributed by atoms with E-state index in [0.29, 0.717) is 17.7 Å². The molecule has 2 aromatic rings. The summed E-state index contributed by atoms with van der Waals surface area (Å²) < 4.78 is 6.91. The SMILES string of the molecule is CCCCn1c(C)c2c(c(-c3ccccc3)c1=O)COC2=O. The van der Waals surface area contributed by atoms with E-state index in [1.165, 1.54) is 0 Å². The van der Waals surface area contributed by atoms with Gasteiger partial charge < -0.3 is 9.30 Å². The molecule has 114 valence electrons. The molecule has 4 heteroatoms. The van der Waals surface area contributed by atoms with Gasteiger partial charge in [-0.15, -0.1) is 0 Å². The van der Waals surface area contributed by atoms with Crippen LogP contribution in [0.1, 0.15) is 41.4 Å². The van der Waals surface area contributed by atoms with Crippen LogP contribution in [-0.4, -0.2) is 10.5 Å². The Morgan fingerprint density at radius 3 is 2.55 bits per heavy atom. The lowest BCUT2D eigenvalue weighted by Crippen LogP contribution is -2.27. The number of ether oxygens (including phenoxy) is 1. The number of hydrogen-bond donors (Lipinski definition) is 0. The topological polar surface area (TPSA) is 48.3 Å². The summed E-state index contributed by atoms with van der Waals surface area (Å²) in [4.78, 5) is 25.0. The fourth-order valence-electron chi connectivity index (χ4n) is 3.01. The summed E-state index contributed by atoms with van der Waals surface area (Å²) in [5.74, 6) is -0.324. The van der Waals surface area contributed by atoms with Crippen molar-refractivity contribution in [2.75, 3.05) is 0 Å². The van der Waals surface area contributed by atoms with Gasteiger partial charge in [-0.3, -0.25) is 4.79 Å². The summed E-state index contributed by atoms with van der Waals surface area (Å²) in [6.07, 6.45) is 1.90. The highest BCUT2D eigenvalue weighted by molar-refractivity contribution is 5.97. The smallest absolute Gasteiger partial charge is 0.340 e. The van der Waals surface area contributed by atoms with Crippen molar-refractivity contribution in [1.29, 1.82) is 0 Å². The minimum atomic E-state index is -0.324. The van der Waals surface area contributed by atoms with E-state index in [4.69, 9.17) is 4.74 Å². The Morgan fingerprint density at radius 2 is 1.86 bits per heavy atom. The van der Waals surface area contributed by atoms with Gasteiger partial charge in [0.2, 0.25) is 0 Å². The second kappa shape index (κ2) is 5.79. The molecule has 2 heterocycles. The minimum absolute atomic E-state index is 0.0331. The highest BCUT2D eigenvalue weighted by atomic mass is 16.5. The van der Waals surface area contributed by atoms with E-state index in [9.17, 15) is 9.59 Å². The van der Waals surface area contributed by atoms with Gasteiger partial charge in [0, 0.05) is 17.8 Å². The number of cyclic esters (lactones) is 1. The van der Waals surface area contributed by atoms with Crippen molar-refractivity contribution in [2.24, 2.45) is 0 Å². The number of nitrogens with zero attached hydrogens (tertiary/aromatic N) is 1. The lowest BCUT2D eigenvalue weighted by molar-refractivity contribution is 0.0534. The van der Waals surface area contributed by atoms with Gasteiger partial charge in [0.1, 0.15) is 6.61 Å². The van der Waals surface area contributed by atoms with Crippen LogP contribution in [0.25, 0.3) is 11.1 Å². The number of pyridine rings is 1. The van der Waals surface area contributed by atoms with E-state index in [1.54, 1.807) is 4.57 Å². The first kappa shape index (κ1) is 14.6. The molecule has 0 unspecified atom stereocenters. The highest BCUT2D eigenvalue weighted by Gasteiger charge is 2.30. The number of esters is 1. The maximum Gasteiger partial charge on any atom is 0.340 e. The summed E-state index contributed by atoms with van der Waals surface area (Å²) in [7, 11) is 0. The second-order valence-electron chi connectivity index (χ2n) is 5.57. The van der Waals surface area contributed by atoms with Crippen LogP contribution in [0, 0.1) is 6.92 Å². The number of unbranched alkanes of at least 4 members (excludes halogenated alkanes) is 1. The average Bonchev–Trinajstić information content (AvgIpc) is 2.90. The van der Waals surface area contributed by atoms with Crippen molar-refractivity contribution in [3.05, 3.63) is 57.5 Å². The summed E-state index contributed by atoms with van der Waals surface area (Å²) in [5.41, 5.74) is 3.42. The lowest BCUT2D eigenvalue weighted by Gasteiger charge is -2.15. The van der Waals surface area contributed by atoms with Gasteiger partial charge in [-0.05, 0) is 18.9 Å². The summed E-state index contributed by atoms with van der Waals surface area (Å²) >= 11 is 0. The van der Waals surface area contributed by atoms with Crippen LogP contribution in [0.15, 0.2) is 35.1 Å². The molecule has 0 N–H and O–H groups in total. The third-order valence-electron chi connectivity index (χ3n) is 4.18. The lowest BCUT2D eigenvalue weighted by atomic mass is 9.97. The third-order valence-corrected chi connectivity index (χ3v) is 4.18. The fraction of sp³-hybridized carbons (Fsp3) is 0.333.